The summed E-state index contributed by atoms with van der Waals surface area (Å²) in [7, 11) is 0. The molecule has 0 fully saturated rings. The first kappa shape index (κ1) is 18.7. The second-order valence-electron chi connectivity index (χ2n) is 6.03. The number of oxazole rings is 1. The molecule has 0 unspecified atom stereocenters. The maximum Gasteiger partial charge on any atom is 0.233 e. The van der Waals surface area contributed by atoms with Crippen LogP contribution in [-0.4, -0.2) is 4.98 Å². The molecule has 6 heteroatoms. The van der Waals surface area contributed by atoms with Gasteiger partial charge in [0.15, 0.2) is 24.5 Å². The Morgan fingerprint density at radius 2 is 1.85 bits per heavy atom. The molecular weight excluding hydrogens is 463 g/mol. The van der Waals surface area contributed by atoms with E-state index in [1.165, 1.54) is 12.1 Å². The maximum absolute atomic E-state index is 13.1. The topological polar surface area (TPSA) is 29.9 Å². The van der Waals surface area contributed by atoms with Crippen molar-refractivity contribution in [2.45, 2.75) is 13.5 Å². The summed E-state index contributed by atoms with van der Waals surface area (Å²) in [6.45, 7) is 2.66. The van der Waals surface area contributed by atoms with E-state index in [1.807, 2.05) is 48.1 Å². The molecule has 132 valence electrons. The lowest BCUT2D eigenvalue weighted by molar-refractivity contribution is -0.688. The number of nitrogens with zero attached hydrogens (tertiary/aromatic N) is 2. The molecule has 4 aromatic rings. The van der Waals surface area contributed by atoms with Gasteiger partial charge in [0.25, 0.3) is 0 Å². The second-order valence-corrected chi connectivity index (χ2v) is 6.95. The fourth-order valence-corrected chi connectivity index (χ4v) is 3.28. The van der Waals surface area contributed by atoms with Crippen LogP contribution in [0.15, 0.2) is 69.8 Å². The van der Waals surface area contributed by atoms with Crippen LogP contribution in [0.3, 0.4) is 0 Å². The van der Waals surface area contributed by atoms with Crippen molar-refractivity contribution in [1.82, 2.24) is 4.98 Å². The molecule has 0 aliphatic carbocycles. The first-order valence-electron chi connectivity index (χ1n) is 7.88. The average molecular weight is 478 g/mol. The number of aryl methyl sites for hydroxylation is 1. The summed E-state index contributed by atoms with van der Waals surface area (Å²) in [5.74, 6) is 0.347. The maximum atomic E-state index is 13.1. The minimum absolute atomic E-state index is 0. The van der Waals surface area contributed by atoms with Gasteiger partial charge in [-0.25, -0.2) is 9.37 Å². The average Bonchev–Trinajstić information content (AvgIpc) is 3.00. The van der Waals surface area contributed by atoms with E-state index >= 15 is 0 Å². The summed E-state index contributed by atoms with van der Waals surface area (Å²) in [6, 6.07) is 14.4. The van der Waals surface area contributed by atoms with Gasteiger partial charge in [0, 0.05) is 5.56 Å². The van der Waals surface area contributed by atoms with Crippen LogP contribution < -0.4 is 21.5 Å². The molecule has 0 radical (unpaired) electrons. The zero-order valence-electron chi connectivity index (χ0n) is 13.9. The molecule has 0 bridgehead atoms. The van der Waals surface area contributed by atoms with E-state index in [0.29, 0.717) is 12.4 Å². The summed E-state index contributed by atoms with van der Waals surface area (Å²) in [5, 5.41) is 0. The Bertz CT molecular complexity index is 1060. The number of rotatable bonds is 3. The van der Waals surface area contributed by atoms with Crippen molar-refractivity contribution in [3.63, 3.8) is 0 Å². The molecule has 0 aliphatic heterocycles. The predicted molar refractivity (Wildman–Crippen MR) is 97.6 cm³/mol. The Balaban J connectivity index is 0.00000196. The van der Waals surface area contributed by atoms with Crippen molar-refractivity contribution in [2.75, 3.05) is 0 Å². The van der Waals surface area contributed by atoms with E-state index < -0.39 is 0 Å². The van der Waals surface area contributed by atoms with Crippen LogP contribution in [0, 0.1) is 12.7 Å². The van der Waals surface area contributed by atoms with E-state index in [-0.39, 0.29) is 22.8 Å². The van der Waals surface area contributed by atoms with Crippen molar-refractivity contribution < 1.29 is 30.4 Å². The molecule has 2 heterocycles. The first-order chi connectivity index (χ1) is 12.1. The largest absolute Gasteiger partial charge is 1.00 e. The SMILES string of the molecule is Cc1ccc2oc(-c3cc(Br)c[n+](Cc4ccc(F)cc4)c3)nc2c1.[Br-]. The summed E-state index contributed by atoms with van der Waals surface area (Å²) in [5.41, 5.74) is 4.66. The lowest BCUT2D eigenvalue weighted by Crippen LogP contribution is -3.00. The molecule has 2 aromatic carbocycles. The van der Waals surface area contributed by atoms with Crippen LogP contribution in [0.25, 0.3) is 22.6 Å². The molecule has 2 aromatic heterocycles. The zero-order chi connectivity index (χ0) is 17.4. The van der Waals surface area contributed by atoms with Gasteiger partial charge in [0.1, 0.15) is 16.9 Å². The van der Waals surface area contributed by atoms with Crippen molar-refractivity contribution in [2.24, 2.45) is 0 Å². The summed E-state index contributed by atoms with van der Waals surface area (Å²) in [6.07, 6.45) is 3.95. The predicted octanol–water partition coefficient (Wildman–Crippen LogP) is 2.04. The molecule has 3 nitrogen and oxygen atoms in total. The van der Waals surface area contributed by atoms with Gasteiger partial charge >= 0.3 is 0 Å². The lowest BCUT2D eigenvalue weighted by Gasteiger charge is -2.01. The van der Waals surface area contributed by atoms with Gasteiger partial charge in [-0.1, -0.05) is 6.07 Å². The van der Waals surface area contributed by atoms with Gasteiger partial charge in [0.05, 0.1) is 4.47 Å². The number of hydrogen-bond acceptors (Lipinski definition) is 2. The monoisotopic (exact) mass is 476 g/mol. The third kappa shape index (κ3) is 4.02. The quantitative estimate of drug-likeness (QED) is 0.423. The Morgan fingerprint density at radius 3 is 2.62 bits per heavy atom. The molecule has 26 heavy (non-hydrogen) atoms. The van der Waals surface area contributed by atoms with E-state index in [1.54, 1.807) is 12.1 Å². The first-order valence-corrected chi connectivity index (χ1v) is 8.68. The number of hydrogen-bond donors (Lipinski definition) is 0. The molecule has 0 saturated carbocycles. The molecule has 0 aliphatic rings. The fourth-order valence-electron chi connectivity index (χ4n) is 2.77. The van der Waals surface area contributed by atoms with Crippen molar-refractivity contribution in [1.29, 1.82) is 0 Å². The molecule has 4 rings (SSSR count). The number of benzene rings is 2. The van der Waals surface area contributed by atoms with Gasteiger partial charge in [-0.2, -0.15) is 4.57 Å². The van der Waals surface area contributed by atoms with Crippen molar-refractivity contribution >= 4 is 27.0 Å². The summed E-state index contributed by atoms with van der Waals surface area (Å²) >= 11 is 3.54. The van der Waals surface area contributed by atoms with E-state index in [4.69, 9.17) is 4.42 Å². The number of pyridine rings is 1. The van der Waals surface area contributed by atoms with Crippen LogP contribution in [0.2, 0.25) is 0 Å². The molecule has 0 atom stereocenters. The highest BCUT2D eigenvalue weighted by atomic mass is 79.9. The highest BCUT2D eigenvalue weighted by molar-refractivity contribution is 9.10. The Labute approximate surface area is 169 Å². The highest BCUT2D eigenvalue weighted by Crippen LogP contribution is 2.25. The van der Waals surface area contributed by atoms with Gasteiger partial charge in [0.2, 0.25) is 5.89 Å². The van der Waals surface area contributed by atoms with Gasteiger partial charge < -0.3 is 21.4 Å². The second kappa shape index (κ2) is 7.68. The van der Waals surface area contributed by atoms with Crippen molar-refractivity contribution in [3.8, 4) is 11.5 Å². The molecule has 0 spiro atoms. The molecule has 0 amide bonds. The fraction of sp³-hybridized carbons (Fsp3) is 0.100. The van der Waals surface area contributed by atoms with Gasteiger partial charge in [-0.15, -0.1) is 0 Å². The van der Waals surface area contributed by atoms with E-state index in [0.717, 1.165) is 32.3 Å². The third-order valence-corrected chi connectivity index (χ3v) is 4.39. The van der Waals surface area contributed by atoms with Crippen molar-refractivity contribution in [3.05, 3.63) is 82.3 Å². The minimum Gasteiger partial charge on any atom is -1.00 e. The van der Waals surface area contributed by atoms with Crippen LogP contribution in [-0.2, 0) is 6.54 Å². The zero-order valence-corrected chi connectivity index (χ0v) is 17.1. The van der Waals surface area contributed by atoms with Gasteiger partial charge in [-0.05, 0) is 70.9 Å². The Hall–Kier alpha value is -2.05. The summed E-state index contributed by atoms with van der Waals surface area (Å²) < 4.78 is 21.9. The minimum atomic E-state index is -0.231. The van der Waals surface area contributed by atoms with Crippen LogP contribution in [0.1, 0.15) is 11.1 Å². The van der Waals surface area contributed by atoms with Crippen LogP contribution >= 0.6 is 15.9 Å². The smallest absolute Gasteiger partial charge is 0.233 e. The highest BCUT2D eigenvalue weighted by Gasteiger charge is 2.14. The normalized spacial score (nSPS) is 10.7. The lowest BCUT2D eigenvalue weighted by atomic mass is 10.2. The summed E-state index contributed by atoms with van der Waals surface area (Å²) in [4.78, 5) is 4.59. The molecule has 0 saturated heterocycles. The Morgan fingerprint density at radius 1 is 1.08 bits per heavy atom. The molecular formula is C20H15Br2FN2O. The molecule has 0 N–H and O–H groups in total. The van der Waals surface area contributed by atoms with Crippen LogP contribution in [0.4, 0.5) is 4.39 Å². The standard InChI is InChI=1S/C20H15BrFN2O.BrH/c1-13-2-7-19-18(8-13)23-20(25-19)15-9-16(21)12-24(11-15)10-14-3-5-17(22)6-4-14;/h2-9,11-12H,10H2,1H3;1H/q+1;/p-1. The van der Waals surface area contributed by atoms with Gasteiger partial charge in [-0.3, -0.25) is 0 Å². The number of aromatic nitrogens is 2. The number of halogens is 3. The number of fused-ring (bicyclic) bond motifs is 1. The van der Waals surface area contributed by atoms with E-state index in [2.05, 4.69) is 20.9 Å². The van der Waals surface area contributed by atoms with E-state index in [9.17, 15) is 4.39 Å². The Kier molecular flexibility index (Phi) is 5.53. The van der Waals surface area contributed by atoms with Crippen LogP contribution in [0.5, 0.6) is 0 Å². The third-order valence-electron chi connectivity index (χ3n) is 3.96.